The lowest BCUT2D eigenvalue weighted by Gasteiger charge is -2.37. The molecular weight excluding hydrogens is 334 g/mol. The Morgan fingerprint density at radius 3 is 2.68 bits per heavy atom. The number of piperazine rings is 1. The van der Waals surface area contributed by atoms with Crippen LogP contribution in [0.4, 0.5) is 0 Å². The van der Waals surface area contributed by atoms with Crippen molar-refractivity contribution in [1.29, 1.82) is 0 Å². The van der Waals surface area contributed by atoms with Crippen LogP contribution in [0.1, 0.15) is 39.4 Å². The third kappa shape index (κ3) is 3.63. The summed E-state index contributed by atoms with van der Waals surface area (Å²) in [6.45, 7) is 5.16. The normalized spacial score (nSPS) is 28.8. The van der Waals surface area contributed by atoms with Crippen LogP contribution in [-0.4, -0.2) is 84.2 Å². The summed E-state index contributed by atoms with van der Waals surface area (Å²) in [6, 6.07) is 2.22. The summed E-state index contributed by atoms with van der Waals surface area (Å²) in [5, 5.41) is 10.5. The number of fused-ring (bicyclic) bond motifs is 1. The molecule has 138 valence electrons. The fraction of sp³-hybridized carbons (Fsp3) is 0.737. The highest BCUT2D eigenvalue weighted by molar-refractivity contribution is 7.14. The third-order valence-electron chi connectivity index (χ3n) is 6.01. The predicted octanol–water partition coefficient (Wildman–Crippen LogP) is 1.45. The number of likely N-dealkylation sites (tertiary alicyclic amines) is 1. The van der Waals surface area contributed by atoms with Gasteiger partial charge in [-0.25, -0.2) is 0 Å². The second-order valence-electron chi connectivity index (χ2n) is 7.80. The van der Waals surface area contributed by atoms with Gasteiger partial charge in [-0.1, -0.05) is 6.42 Å². The molecule has 1 N–H and O–H groups in total. The van der Waals surface area contributed by atoms with Crippen LogP contribution in [0.25, 0.3) is 0 Å². The van der Waals surface area contributed by atoms with E-state index in [-0.39, 0.29) is 11.9 Å². The molecule has 5 nitrogen and oxygen atoms in total. The van der Waals surface area contributed by atoms with E-state index in [1.165, 1.54) is 29.7 Å². The molecule has 2 aliphatic heterocycles. The number of hydrogen-bond acceptors (Lipinski definition) is 5. The number of likely N-dealkylation sites (N-methyl/N-ethyl adjacent to an activating group) is 1. The number of hydrogen-bond donors (Lipinski definition) is 1. The van der Waals surface area contributed by atoms with Gasteiger partial charge in [-0.05, 0) is 44.4 Å². The van der Waals surface area contributed by atoms with E-state index >= 15 is 0 Å². The van der Waals surface area contributed by atoms with Crippen LogP contribution in [0.2, 0.25) is 0 Å². The standard InChI is InChI=1S/C19H29N3O2S/c1-20-7-9-21(10-8-20)15-12-22(13-16(15)23)19(24)18-11-14-5-3-2-4-6-17(14)25-18/h11,15-16,23H,2-10,12-13H2,1H3/t15-,16-/m1/s1. The highest BCUT2D eigenvalue weighted by Gasteiger charge is 2.39. The van der Waals surface area contributed by atoms with Crippen LogP contribution in [0.3, 0.4) is 0 Å². The van der Waals surface area contributed by atoms with Gasteiger partial charge < -0.3 is 14.9 Å². The first kappa shape index (κ1) is 17.5. The van der Waals surface area contributed by atoms with Crippen LogP contribution in [0, 0.1) is 0 Å². The monoisotopic (exact) mass is 363 g/mol. The van der Waals surface area contributed by atoms with Crippen LogP contribution in [0.5, 0.6) is 0 Å². The fourth-order valence-electron chi connectivity index (χ4n) is 4.38. The van der Waals surface area contributed by atoms with E-state index in [9.17, 15) is 9.90 Å². The third-order valence-corrected chi connectivity index (χ3v) is 7.24. The van der Waals surface area contributed by atoms with Crippen LogP contribution in [0.15, 0.2) is 6.07 Å². The zero-order valence-electron chi connectivity index (χ0n) is 15.1. The van der Waals surface area contributed by atoms with Gasteiger partial charge in [0.05, 0.1) is 17.0 Å². The number of nitrogens with zero attached hydrogens (tertiary/aromatic N) is 3. The SMILES string of the molecule is CN1CCN([C@@H]2CN(C(=O)c3cc4c(s3)CCCCC4)C[C@H]2O)CC1. The van der Waals surface area contributed by atoms with E-state index < -0.39 is 6.10 Å². The average molecular weight is 364 g/mol. The van der Waals surface area contributed by atoms with Gasteiger partial charge >= 0.3 is 0 Å². The topological polar surface area (TPSA) is 47.0 Å². The number of thiophene rings is 1. The molecule has 3 aliphatic rings. The molecule has 1 aliphatic carbocycles. The van der Waals surface area contributed by atoms with Gasteiger partial charge in [0.1, 0.15) is 0 Å². The maximum Gasteiger partial charge on any atom is 0.264 e. The number of carbonyl (C=O) groups is 1. The van der Waals surface area contributed by atoms with Crippen molar-refractivity contribution >= 4 is 17.2 Å². The van der Waals surface area contributed by atoms with Gasteiger partial charge in [-0.15, -0.1) is 11.3 Å². The molecule has 0 bridgehead atoms. The van der Waals surface area contributed by atoms with Crippen LogP contribution in [-0.2, 0) is 12.8 Å². The first-order valence-electron chi connectivity index (χ1n) is 9.63. The predicted molar refractivity (Wildman–Crippen MR) is 100 cm³/mol. The largest absolute Gasteiger partial charge is 0.390 e. The number of aryl methyl sites for hydroxylation is 2. The summed E-state index contributed by atoms with van der Waals surface area (Å²) in [7, 11) is 2.14. The van der Waals surface area contributed by atoms with Crippen molar-refractivity contribution < 1.29 is 9.90 Å². The molecule has 1 amide bonds. The number of amides is 1. The van der Waals surface area contributed by atoms with Crippen molar-refractivity contribution in [2.75, 3.05) is 46.3 Å². The van der Waals surface area contributed by atoms with E-state index in [2.05, 4.69) is 22.9 Å². The lowest BCUT2D eigenvalue weighted by atomic mass is 10.1. The van der Waals surface area contributed by atoms with E-state index in [4.69, 9.17) is 0 Å². The molecule has 0 saturated carbocycles. The Hall–Kier alpha value is -0.950. The van der Waals surface area contributed by atoms with Gasteiger partial charge in [0.15, 0.2) is 0 Å². The Labute approximate surface area is 154 Å². The minimum absolute atomic E-state index is 0.0930. The summed E-state index contributed by atoms with van der Waals surface area (Å²) < 4.78 is 0. The molecule has 25 heavy (non-hydrogen) atoms. The molecular formula is C19H29N3O2S. The maximum atomic E-state index is 13.0. The number of aliphatic hydroxyl groups excluding tert-OH is 1. The number of β-amino-alcohol motifs (C(OH)–C–C–N with tert-alkyl or cyclic N) is 1. The Kier molecular flexibility index (Phi) is 5.13. The van der Waals surface area contributed by atoms with E-state index in [0.717, 1.165) is 43.9 Å². The minimum atomic E-state index is -0.426. The molecule has 0 unspecified atom stereocenters. The summed E-state index contributed by atoms with van der Waals surface area (Å²) >= 11 is 1.69. The lowest BCUT2D eigenvalue weighted by Crippen LogP contribution is -2.52. The molecule has 2 fully saturated rings. The van der Waals surface area contributed by atoms with E-state index in [1.807, 2.05) is 4.90 Å². The molecule has 0 radical (unpaired) electrons. The van der Waals surface area contributed by atoms with E-state index in [1.54, 1.807) is 11.3 Å². The molecule has 0 spiro atoms. The van der Waals surface area contributed by atoms with Crippen LogP contribution >= 0.6 is 11.3 Å². The van der Waals surface area contributed by atoms with Gasteiger partial charge in [0.25, 0.3) is 5.91 Å². The first-order chi connectivity index (χ1) is 12.1. The molecule has 3 heterocycles. The van der Waals surface area contributed by atoms with Crippen molar-refractivity contribution in [3.63, 3.8) is 0 Å². The minimum Gasteiger partial charge on any atom is -0.390 e. The number of carbonyl (C=O) groups excluding carboxylic acids is 1. The Morgan fingerprint density at radius 2 is 1.88 bits per heavy atom. The molecule has 6 heteroatoms. The number of aliphatic hydroxyl groups is 1. The zero-order valence-corrected chi connectivity index (χ0v) is 15.9. The van der Waals surface area contributed by atoms with Gasteiger partial charge in [-0.2, -0.15) is 0 Å². The average Bonchev–Trinajstić information content (AvgIpc) is 3.12. The smallest absolute Gasteiger partial charge is 0.264 e. The highest BCUT2D eigenvalue weighted by Crippen LogP contribution is 2.30. The van der Waals surface area contributed by atoms with Crippen molar-refractivity contribution in [3.05, 3.63) is 21.4 Å². The maximum absolute atomic E-state index is 13.0. The molecule has 2 saturated heterocycles. The second-order valence-corrected chi connectivity index (χ2v) is 8.94. The molecule has 1 aromatic rings. The van der Waals surface area contributed by atoms with Crippen molar-refractivity contribution in [2.45, 2.75) is 44.2 Å². The van der Waals surface area contributed by atoms with Gasteiger partial charge in [0.2, 0.25) is 0 Å². The second kappa shape index (κ2) is 7.35. The number of rotatable bonds is 2. The summed E-state index contributed by atoms with van der Waals surface area (Å²) in [4.78, 5) is 21.8. The summed E-state index contributed by atoms with van der Waals surface area (Å²) in [5.41, 5.74) is 1.39. The molecule has 4 rings (SSSR count). The van der Waals surface area contributed by atoms with Crippen molar-refractivity contribution in [2.24, 2.45) is 0 Å². The van der Waals surface area contributed by atoms with Crippen molar-refractivity contribution in [1.82, 2.24) is 14.7 Å². The van der Waals surface area contributed by atoms with Gasteiger partial charge in [-0.3, -0.25) is 9.69 Å². The quantitative estimate of drug-likeness (QED) is 0.808. The first-order valence-corrected chi connectivity index (χ1v) is 10.4. The van der Waals surface area contributed by atoms with Crippen molar-refractivity contribution in [3.8, 4) is 0 Å². The summed E-state index contributed by atoms with van der Waals surface area (Å²) in [5.74, 6) is 0.119. The Balaban J connectivity index is 1.43. The fourth-order valence-corrected chi connectivity index (χ4v) is 5.60. The molecule has 2 atom stereocenters. The summed E-state index contributed by atoms with van der Waals surface area (Å²) in [6.07, 6.45) is 5.60. The highest BCUT2D eigenvalue weighted by atomic mass is 32.1. The molecule has 1 aromatic heterocycles. The van der Waals surface area contributed by atoms with Crippen LogP contribution < -0.4 is 0 Å². The Bertz CT molecular complexity index is 601. The zero-order chi connectivity index (χ0) is 17.4. The Morgan fingerprint density at radius 1 is 1.12 bits per heavy atom. The lowest BCUT2D eigenvalue weighted by molar-refractivity contribution is 0.0512. The molecule has 0 aromatic carbocycles. The van der Waals surface area contributed by atoms with E-state index in [0.29, 0.717) is 13.1 Å². The van der Waals surface area contributed by atoms with Gasteiger partial charge in [0, 0.05) is 44.1 Å².